The zero-order valence-electron chi connectivity index (χ0n) is 19.9. The quantitative estimate of drug-likeness (QED) is 0.506. The maximum Gasteiger partial charge on any atom is 0.352 e. The van der Waals surface area contributed by atoms with Gasteiger partial charge in [-0.25, -0.2) is 9.36 Å². The van der Waals surface area contributed by atoms with Crippen LogP contribution in [0.15, 0.2) is 58.3 Å². The molecule has 2 amide bonds. The molecule has 1 saturated carbocycles. The summed E-state index contributed by atoms with van der Waals surface area (Å²) in [5.74, 6) is -0.918. The van der Waals surface area contributed by atoms with Crippen LogP contribution in [0, 0.1) is 12.8 Å². The van der Waals surface area contributed by atoms with Gasteiger partial charge in [-0.1, -0.05) is 60.7 Å². The summed E-state index contributed by atoms with van der Waals surface area (Å²) in [6, 6.07) is 12.4. The number of amides is 2. The van der Waals surface area contributed by atoms with Gasteiger partial charge in [0.25, 0.3) is 11.5 Å². The molecule has 1 atom stereocenters. The Kier molecular flexibility index (Phi) is 7.69. The minimum absolute atomic E-state index is 0.170. The largest absolute Gasteiger partial charge is 0.368 e. The highest BCUT2D eigenvalue weighted by molar-refractivity contribution is 6.33. The van der Waals surface area contributed by atoms with Crippen LogP contribution in [0.3, 0.4) is 0 Å². The first-order valence-electron chi connectivity index (χ1n) is 11.9. The third-order valence-corrected chi connectivity index (χ3v) is 6.89. The number of nitrogens with one attached hydrogen (secondary N) is 1. The van der Waals surface area contributed by atoms with Gasteiger partial charge in [0.2, 0.25) is 5.91 Å². The lowest BCUT2D eigenvalue weighted by Crippen LogP contribution is -2.43. The molecule has 2 aromatic carbocycles. The average Bonchev–Trinajstić information content (AvgIpc) is 2.86. The van der Waals surface area contributed by atoms with Crippen LogP contribution in [0.1, 0.15) is 59.6 Å². The normalized spacial score (nSPS) is 14.8. The summed E-state index contributed by atoms with van der Waals surface area (Å²) >= 11 is 6.39. The van der Waals surface area contributed by atoms with E-state index in [9.17, 15) is 19.2 Å². The molecule has 10 heteroatoms. The van der Waals surface area contributed by atoms with Crippen molar-refractivity contribution in [2.75, 3.05) is 0 Å². The number of hydrogen-bond acceptors (Lipinski definition) is 5. The molecular weight excluding hydrogens is 482 g/mol. The number of aryl methyl sites for hydroxylation is 1. The summed E-state index contributed by atoms with van der Waals surface area (Å²) in [4.78, 5) is 49.6. The number of benzene rings is 2. The van der Waals surface area contributed by atoms with Crippen molar-refractivity contribution < 1.29 is 9.59 Å². The van der Waals surface area contributed by atoms with Crippen molar-refractivity contribution in [1.29, 1.82) is 0 Å². The molecule has 3 aromatic rings. The minimum atomic E-state index is -0.852. The second kappa shape index (κ2) is 10.9. The van der Waals surface area contributed by atoms with Crippen LogP contribution in [-0.2, 0) is 11.3 Å². The molecule has 1 unspecified atom stereocenters. The molecule has 1 aliphatic carbocycles. The van der Waals surface area contributed by atoms with Crippen LogP contribution in [0.2, 0.25) is 5.02 Å². The van der Waals surface area contributed by atoms with Crippen molar-refractivity contribution in [1.82, 2.24) is 19.7 Å². The van der Waals surface area contributed by atoms with E-state index in [0.717, 1.165) is 47.7 Å². The maximum atomic E-state index is 13.5. The van der Waals surface area contributed by atoms with Gasteiger partial charge in [-0.3, -0.25) is 14.4 Å². The van der Waals surface area contributed by atoms with Crippen LogP contribution in [0.5, 0.6) is 0 Å². The number of carbonyl (C=O) groups excluding carboxylic acids is 2. The van der Waals surface area contributed by atoms with E-state index >= 15 is 0 Å². The molecule has 0 aliphatic heterocycles. The van der Waals surface area contributed by atoms with Crippen molar-refractivity contribution in [3.63, 3.8) is 0 Å². The van der Waals surface area contributed by atoms with Crippen molar-refractivity contribution in [2.24, 2.45) is 11.7 Å². The molecular formula is C26H28ClN5O4. The van der Waals surface area contributed by atoms with Crippen molar-refractivity contribution in [3.05, 3.63) is 91.2 Å². The summed E-state index contributed by atoms with van der Waals surface area (Å²) in [6.45, 7) is 1.44. The molecule has 3 N–H and O–H groups in total. The molecule has 36 heavy (non-hydrogen) atoms. The third-order valence-electron chi connectivity index (χ3n) is 6.56. The molecule has 1 fully saturated rings. The molecule has 1 aromatic heterocycles. The van der Waals surface area contributed by atoms with Crippen LogP contribution in [0.25, 0.3) is 5.69 Å². The number of rotatable bonds is 7. The Bertz CT molecular complexity index is 1390. The van der Waals surface area contributed by atoms with E-state index in [1.54, 1.807) is 0 Å². The molecule has 4 rings (SSSR count). The SMILES string of the molecule is Cc1ccc(C(NC(=O)c2cc(-n3ncc(=O)n(CC(N)=O)c3=O)ccc2Cl)C2CCCCC2)cc1. The lowest BCUT2D eigenvalue weighted by atomic mass is 9.81. The molecule has 0 bridgehead atoms. The zero-order chi connectivity index (χ0) is 25.8. The van der Waals surface area contributed by atoms with Gasteiger partial charge in [0.15, 0.2) is 0 Å². The standard InChI is InChI=1S/C26H28ClN5O4/c1-16-7-9-18(10-8-16)24(17-5-3-2-4-6-17)30-25(35)20-13-19(11-12-21(20)27)32-26(36)31(15-22(28)33)23(34)14-29-32/h7-14,17,24H,2-6,15H2,1H3,(H2,28,33)(H,30,35). The second-order valence-electron chi connectivity index (χ2n) is 9.15. The first kappa shape index (κ1) is 25.4. The third kappa shape index (κ3) is 5.57. The number of hydrogen-bond donors (Lipinski definition) is 2. The predicted molar refractivity (Wildman–Crippen MR) is 136 cm³/mol. The summed E-state index contributed by atoms with van der Waals surface area (Å²) < 4.78 is 1.61. The number of halogens is 1. The van der Waals surface area contributed by atoms with Gasteiger partial charge in [0, 0.05) is 0 Å². The lowest BCUT2D eigenvalue weighted by Gasteiger charge is -2.31. The van der Waals surface area contributed by atoms with Gasteiger partial charge in [0.1, 0.15) is 12.7 Å². The van der Waals surface area contributed by atoms with E-state index in [1.165, 1.54) is 24.6 Å². The number of carbonyl (C=O) groups is 2. The molecule has 1 heterocycles. The molecule has 1 aliphatic rings. The smallest absolute Gasteiger partial charge is 0.352 e. The maximum absolute atomic E-state index is 13.5. The summed E-state index contributed by atoms with van der Waals surface area (Å²) in [5, 5.41) is 7.26. The first-order valence-corrected chi connectivity index (χ1v) is 12.3. The minimum Gasteiger partial charge on any atom is -0.368 e. The monoisotopic (exact) mass is 509 g/mol. The topological polar surface area (TPSA) is 129 Å². The Hall–Kier alpha value is -3.72. The first-order chi connectivity index (χ1) is 17.2. The number of nitrogens with two attached hydrogens (primary N) is 1. The van der Waals surface area contributed by atoms with E-state index in [4.69, 9.17) is 17.3 Å². The molecule has 0 spiro atoms. The van der Waals surface area contributed by atoms with Gasteiger partial charge in [-0.05, 0) is 49.4 Å². The highest BCUT2D eigenvalue weighted by atomic mass is 35.5. The molecule has 9 nitrogen and oxygen atoms in total. The summed E-state index contributed by atoms with van der Waals surface area (Å²) in [7, 11) is 0. The van der Waals surface area contributed by atoms with Gasteiger partial charge in [-0.15, -0.1) is 0 Å². The van der Waals surface area contributed by atoms with Crippen molar-refractivity contribution in [3.8, 4) is 5.69 Å². The highest BCUT2D eigenvalue weighted by Crippen LogP contribution is 2.35. The fourth-order valence-corrected chi connectivity index (χ4v) is 4.87. The van der Waals surface area contributed by atoms with Gasteiger partial charge in [-0.2, -0.15) is 9.78 Å². The number of aromatic nitrogens is 3. The van der Waals surface area contributed by atoms with Gasteiger partial charge >= 0.3 is 5.69 Å². The van der Waals surface area contributed by atoms with Crippen LogP contribution < -0.4 is 22.3 Å². The average molecular weight is 510 g/mol. The fraction of sp³-hybridized carbons (Fsp3) is 0.346. The molecule has 0 saturated heterocycles. The van der Waals surface area contributed by atoms with Crippen LogP contribution in [-0.4, -0.2) is 26.2 Å². The molecule has 0 radical (unpaired) electrons. The summed E-state index contributed by atoms with van der Waals surface area (Å²) in [6.07, 6.45) is 6.39. The summed E-state index contributed by atoms with van der Waals surface area (Å²) in [5.41, 5.74) is 6.11. The highest BCUT2D eigenvalue weighted by Gasteiger charge is 2.28. The van der Waals surface area contributed by atoms with E-state index in [1.807, 2.05) is 31.2 Å². The Morgan fingerprint density at radius 2 is 1.81 bits per heavy atom. The predicted octanol–water partition coefficient (Wildman–Crippen LogP) is 2.89. The zero-order valence-corrected chi connectivity index (χ0v) is 20.7. The second-order valence-corrected chi connectivity index (χ2v) is 9.56. The van der Waals surface area contributed by atoms with E-state index < -0.39 is 23.7 Å². The lowest BCUT2D eigenvalue weighted by molar-refractivity contribution is -0.118. The number of primary amides is 1. The van der Waals surface area contributed by atoms with Crippen LogP contribution >= 0.6 is 11.6 Å². The van der Waals surface area contributed by atoms with Gasteiger partial charge in [0.05, 0.1) is 22.3 Å². The molecule has 188 valence electrons. The Morgan fingerprint density at radius 3 is 2.47 bits per heavy atom. The van der Waals surface area contributed by atoms with E-state index in [2.05, 4.69) is 10.4 Å². The van der Waals surface area contributed by atoms with Crippen LogP contribution in [0.4, 0.5) is 0 Å². The number of nitrogens with zero attached hydrogens (tertiary/aromatic N) is 3. The van der Waals surface area contributed by atoms with Gasteiger partial charge < -0.3 is 11.1 Å². The fourth-order valence-electron chi connectivity index (χ4n) is 4.67. The van der Waals surface area contributed by atoms with Crippen molar-refractivity contribution >= 4 is 23.4 Å². The van der Waals surface area contributed by atoms with Crippen molar-refractivity contribution in [2.45, 2.75) is 51.6 Å². The Labute approximate surface area is 212 Å². The Balaban J connectivity index is 1.68. The van der Waals surface area contributed by atoms with E-state index in [-0.39, 0.29) is 28.2 Å². The Morgan fingerprint density at radius 1 is 1.11 bits per heavy atom. The van der Waals surface area contributed by atoms with E-state index in [0.29, 0.717) is 10.5 Å².